The predicted molar refractivity (Wildman–Crippen MR) is 114 cm³/mol. The fraction of sp³-hybridized carbons (Fsp3) is 1.00. The molecule has 1 N–H and O–H groups in total. The molecule has 28 heavy (non-hydrogen) atoms. The van der Waals surface area contributed by atoms with Gasteiger partial charge in [0.25, 0.3) is 0 Å². The Kier molecular flexibility index (Phi) is 7.35. The SMILES string of the molecule is CCCCCC(CC(O[Si](C)C)C1C(O)CC2C1CC21OCCO1)C(C)(C)C. The number of hydrogen-bond donors (Lipinski definition) is 1. The quantitative estimate of drug-likeness (QED) is 0.428. The summed E-state index contributed by atoms with van der Waals surface area (Å²) in [6.45, 7) is 15.2. The molecule has 4 nitrogen and oxygen atoms in total. The average molecular weight is 412 g/mol. The Labute approximate surface area is 174 Å². The van der Waals surface area contributed by atoms with Crippen LogP contribution in [0.1, 0.15) is 72.6 Å². The van der Waals surface area contributed by atoms with E-state index in [4.69, 9.17) is 13.9 Å². The van der Waals surface area contributed by atoms with Crippen LogP contribution in [0.15, 0.2) is 0 Å². The summed E-state index contributed by atoms with van der Waals surface area (Å²) in [6.07, 6.45) is 7.83. The van der Waals surface area contributed by atoms with Crippen LogP contribution in [-0.4, -0.2) is 45.4 Å². The van der Waals surface area contributed by atoms with Crippen LogP contribution in [0.25, 0.3) is 0 Å². The summed E-state index contributed by atoms with van der Waals surface area (Å²) >= 11 is 0. The fourth-order valence-corrected chi connectivity index (χ4v) is 6.85. The van der Waals surface area contributed by atoms with Crippen molar-refractivity contribution in [1.82, 2.24) is 0 Å². The van der Waals surface area contributed by atoms with E-state index in [1.54, 1.807) is 0 Å². The second-order valence-corrected chi connectivity index (χ2v) is 12.8. The summed E-state index contributed by atoms with van der Waals surface area (Å²) in [4.78, 5) is 0. The van der Waals surface area contributed by atoms with Crippen molar-refractivity contribution in [2.45, 2.75) is 104 Å². The van der Waals surface area contributed by atoms with Crippen LogP contribution in [0.3, 0.4) is 0 Å². The third-order valence-corrected chi connectivity index (χ3v) is 8.30. The molecule has 1 heterocycles. The Morgan fingerprint density at radius 2 is 1.86 bits per heavy atom. The second-order valence-electron chi connectivity index (χ2n) is 10.7. The Morgan fingerprint density at radius 3 is 2.43 bits per heavy atom. The van der Waals surface area contributed by atoms with Gasteiger partial charge in [0, 0.05) is 18.3 Å². The van der Waals surface area contributed by atoms with Crippen molar-refractivity contribution < 1.29 is 19.0 Å². The monoisotopic (exact) mass is 411 g/mol. The van der Waals surface area contributed by atoms with E-state index in [1.807, 2.05) is 0 Å². The van der Waals surface area contributed by atoms with Crippen molar-refractivity contribution in [3.63, 3.8) is 0 Å². The van der Waals surface area contributed by atoms with Crippen LogP contribution in [0.4, 0.5) is 0 Å². The Bertz CT molecular complexity index is 497. The highest BCUT2D eigenvalue weighted by atomic mass is 28.3. The Balaban J connectivity index is 1.72. The third kappa shape index (κ3) is 4.69. The van der Waals surface area contributed by atoms with Crippen molar-refractivity contribution in [3.8, 4) is 0 Å². The Morgan fingerprint density at radius 1 is 1.18 bits per heavy atom. The minimum absolute atomic E-state index is 0.165. The zero-order valence-electron chi connectivity index (χ0n) is 19.0. The van der Waals surface area contributed by atoms with Crippen LogP contribution in [0.5, 0.6) is 0 Å². The number of rotatable bonds is 9. The molecule has 6 atom stereocenters. The summed E-state index contributed by atoms with van der Waals surface area (Å²) in [6, 6.07) is 0. The van der Waals surface area contributed by atoms with E-state index in [9.17, 15) is 5.11 Å². The molecule has 163 valence electrons. The third-order valence-electron chi connectivity index (χ3n) is 7.53. The highest BCUT2D eigenvalue weighted by Gasteiger charge is 2.66. The van der Waals surface area contributed by atoms with Gasteiger partial charge in [-0.25, -0.2) is 0 Å². The van der Waals surface area contributed by atoms with E-state index in [2.05, 4.69) is 40.8 Å². The van der Waals surface area contributed by atoms with Gasteiger partial charge in [-0.15, -0.1) is 0 Å². The fourth-order valence-electron chi connectivity index (χ4n) is 5.99. The summed E-state index contributed by atoms with van der Waals surface area (Å²) in [7, 11) is -0.825. The zero-order valence-corrected chi connectivity index (χ0v) is 20.0. The van der Waals surface area contributed by atoms with Crippen molar-refractivity contribution >= 4 is 9.04 Å². The molecule has 1 aliphatic heterocycles. The van der Waals surface area contributed by atoms with Gasteiger partial charge in [-0.3, -0.25) is 0 Å². The maximum atomic E-state index is 11.0. The minimum atomic E-state index is -0.825. The minimum Gasteiger partial charge on any atom is -0.414 e. The first kappa shape index (κ1) is 22.7. The molecule has 3 aliphatic rings. The van der Waals surface area contributed by atoms with E-state index in [0.717, 1.165) is 19.3 Å². The summed E-state index contributed by atoms with van der Waals surface area (Å²) in [5.41, 5.74) is 0.269. The maximum absolute atomic E-state index is 11.0. The summed E-state index contributed by atoms with van der Waals surface area (Å²) in [5, 5.41) is 11.0. The topological polar surface area (TPSA) is 47.9 Å². The van der Waals surface area contributed by atoms with Crippen molar-refractivity contribution in [1.29, 1.82) is 0 Å². The molecule has 1 saturated heterocycles. The summed E-state index contributed by atoms with van der Waals surface area (Å²) in [5.74, 6) is 1.31. The van der Waals surface area contributed by atoms with E-state index in [-0.39, 0.29) is 29.3 Å². The lowest BCUT2D eigenvalue weighted by atomic mass is 9.64. The normalized spacial score (nSPS) is 33.9. The number of aliphatic hydroxyl groups excluding tert-OH is 1. The molecule has 2 aliphatic carbocycles. The standard InChI is InChI=1S/C23H43O4Si/c1-7-8-9-10-16(22(2,3)4)13-20(27-28(5)6)21-17-15-23(25-11-12-26-23)18(17)14-19(21)24/h16-21,24H,7-15H2,1-6H3. The second kappa shape index (κ2) is 9.05. The largest absolute Gasteiger partial charge is 0.414 e. The maximum Gasteiger partial charge on any atom is 0.205 e. The molecular weight excluding hydrogens is 368 g/mol. The number of hydrogen-bond acceptors (Lipinski definition) is 4. The van der Waals surface area contributed by atoms with Gasteiger partial charge in [0.15, 0.2) is 5.79 Å². The molecule has 5 heteroatoms. The van der Waals surface area contributed by atoms with Crippen LogP contribution < -0.4 is 0 Å². The van der Waals surface area contributed by atoms with Crippen molar-refractivity contribution in [3.05, 3.63) is 0 Å². The van der Waals surface area contributed by atoms with Gasteiger partial charge >= 0.3 is 0 Å². The van der Waals surface area contributed by atoms with Gasteiger partial charge in [-0.05, 0) is 49.6 Å². The van der Waals surface area contributed by atoms with Crippen LogP contribution in [0.2, 0.25) is 13.1 Å². The summed E-state index contributed by atoms with van der Waals surface area (Å²) < 4.78 is 18.6. The molecule has 3 fully saturated rings. The van der Waals surface area contributed by atoms with Crippen LogP contribution in [0, 0.1) is 29.1 Å². The first-order valence-electron chi connectivity index (χ1n) is 11.6. The van der Waals surface area contributed by atoms with Crippen molar-refractivity contribution in [2.75, 3.05) is 13.2 Å². The lowest BCUT2D eigenvalue weighted by Crippen LogP contribution is -2.55. The molecule has 6 unspecified atom stereocenters. The highest BCUT2D eigenvalue weighted by molar-refractivity contribution is 6.48. The molecule has 1 radical (unpaired) electrons. The van der Waals surface area contributed by atoms with Gasteiger partial charge in [-0.2, -0.15) is 0 Å². The molecule has 0 aromatic heterocycles. The molecule has 1 spiro atoms. The first-order valence-corrected chi connectivity index (χ1v) is 14.0. The average Bonchev–Trinajstić information content (AvgIpc) is 3.17. The number of unbranched alkanes of at least 4 members (excludes halogenated alkanes) is 2. The van der Waals surface area contributed by atoms with E-state index in [1.165, 1.54) is 25.7 Å². The molecule has 2 saturated carbocycles. The van der Waals surface area contributed by atoms with Gasteiger partial charge < -0.3 is 19.0 Å². The molecule has 0 bridgehead atoms. The first-order chi connectivity index (χ1) is 13.2. The smallest absolute Gasteiger partial charge is 0.205 e. The van der Waals surface area contributed by atoms with Gasteiger partial charge in [0.05, 0.1) is 25.4 Å². The van der Waals surface area contributed by atoms with Crippen LogP contribution in [-0.2, 0) is 13.9 Å². The molecule has 0 aromatic rings. The lowest BCUT2D eigenvalue weighted by Gasteiger charge is -2.50. The number of fused-ring (bicyclic) bond motifs is 2. The molecule has 0 amide bonds. The van der Waals surface area contributed by atoms with E-state index < -0.39 is 9.04 Å². The van der Waals surface area contributed by atoms with E-state index >= 15 is 0 Å². The Hall–Kier alpha value is 0.0569. The molecular formula is C23H43O4Si. The molecule has 0 aromatic carbocycles. The molecule has 3 rings (SSSR count). The van der Waals surface area contributed by atoms with Gasteiger partial charge in [0.1, 0.15) is 0 Å². The highest BCUT2D eigenvalue weighted by Crippen LogP contribution is 2.61. The predicted octanol–water partition coefficient (Wildman–Crippen LogP) is 5.02. The number of aliphatic hydroxyl groups is 1. The lowest BCUT2D eigenvalue weighted by molar-refractivity contribution is -0.275. The number of ether oxygens (including phenoxy) is 2. The van der Waals surface area contributed by atoms with Crippen LogP contribution >= 0.6 is 0 Å². The van der Waals surface area contributed by atoms with Gasteiger partial charge in [-0.1, -0.05) is 47.0 Å². The zero-order chi connectivity index (χ0) is 20.5. The van der Waals surface area contributed by atoms with Crippen molar-refractivity contribution in [2.24, 2.45) is 29.1 Å². The van der Waals surface area contributed by atoms with E-state index in [0.29, 0.717) is 31.0 Å². The van der Waals surface area contributed by atoms with Gasteiger partial charge in [0.2, 0.25) is 9.04 Å².